The number of hydrogen-bond donors (Lipinski definition) is 2. The van der Waals surface area contributed by atoms with Crippen LogP contribution in [0.2, 0.25) is 0 Å². The van der Waals surface area contributed by atoms with E-state index in [4.69, 9.17) is 5.26 Å². The monoisotopic (exact) mass is 198 g/mol. The Labute approximate surface area is 84.6 Å². The predicted molar refractivity (Wildman–Crippen MR) is 54.8 cm³/mol. The lowest BCUT2D eigenvalue weighted by molar-refractivity contribution is -0.271. The van der Waals surface area contributed by atoms with Crippen LogP contribution < -0.4 is 0 Å². The Hall–Kier alpha value is -0.640. The summed E-state index contributed by atoms with van der Waals surface area (Å²) in [6.45, 7) is 7.95. The second kappa shape index (κ2) is 4.26. The van der Waals surface area contributed by atoms with Gasteiger partial charge in [0.15, 0.2) is 0 Å². The van der Waals surface area contributed by atoms with E-state index in [0.717, 1.165) is 5.57 Å². The lowest BCUT2D eigenvalue weighted by Gasteiger charge is -2.40. The van der Waals surface area contributed by atoms with Crippen molar-refractivity contribution < 1.29 is 15.3 Å². The van der Waals surface area contributed by atoms with E-state index >= 15 is 0 Å². The Balaban J connectivity index is 3.01. The topological polar surface area (TPSA) is 49.7 Å². The molecule has 0 unspecified atom stereocenters. The minimum Gasteiger partial charge on any atom is -0.395 e. The smallest absolute Gasteiger partial charge is 0.118 e. The Bertz CT molecular complexity index is 245. The average molecular weight is 198 g/mol. The van der Waals surface area contributed by atoms with E-state index in [-0.39, 0.29) is 12.5 Å². The first-order valence-electron chi connectivity index (χ1n) is 4.86. The van der Waals surface area contributed by atoms with Crippen molar-refractivity contribution in [3.8, 4) is 0 Å². The SMILES string of the molecule is C=C1[C@@H](OO)CC=C[C@@]1(CO)C(C)C. The highest BCUT2D eigenvalue weighted by molar-refractivity contribution is 5.29. The van der Waals surface area contributed by atoms with Gasteiger partial charge in [0.25, 0.3) is 0 Å². The molecule has 0 fully saturated rings. The summed E-state index contributed by atoms with van der Waals surface area (Å²) in [5.74, 6) is 0.231. The van der Waals surface area contributed by atoms with Crippen LogP contribution in [0.5, 0.6) is 0 Å². The molecule has 0 bridgehead atoms. The van der Waals surface area contributed by atoms with Crippen LogP contribution in [0.15, 0.2) is 24.3 Å². The van der Waals surface area contributed by atoms with Crippen LogP contribution in [-0.4, -0.2) is 23.1 Å². The lowest BCUT2D eigenvalue weighted by atomic mass is 9.67. The standard InChI is InChI=1S/C11H18O3/c1-8(2)11(7-12)6-4-5-10(14-13)9(11)3/h4,6,8,10,12-13H,3,5,7H2,1-2H3/t10-,11+/m0/s1. The highest BCUT2D eigenvalue weighted by atomic mass is 17.1. The van der Waals surface area contributed by atoms with E-state index < -0.39 is 11.5 Å². The normalized spacial score (nSPS) is 32.6. The molecule has 2 atom stereocenters. The summed E-state index contributed by atoms with van der Waals surface area (Å²) in [7, 11) is 0. The molecule has 0 spiro atoms. The molecule has 0 saturated carbocycles. The van der Waals surface area contributed by atoms with Crippen molar-refractivity contribution in [1.29, 1.82) is 0 Å². The highest BCUT2D eigenvalue weighted by Crippen LogP contribution is 2.42. The van der Waals surface area contributed by atoms with E-state index in [1.54, 1.807) is 0 Å². The van der Waals surface area contributed by atoms with Gasteiger partial charge in [-0.3, -0.25) is 5.26 Å². The van der Waals surface area contributed by atoms with Gasteiger partial charge in [0, 0.05) is 5.41 Å². The molecule has 0 heterocycles. The number of aliphatic hydroxyl groups is 1. The third kappa shape index (κ3) is 1.63. The van der Waals surface area contributed by atoms with Crippen LogP contribution in [0.1, 0.15) is 20.3 Å². The summed E-state index contributed by atoms with van der Waals surface area (Å²) in [5.41, 5.74) is 0.297. The van der Waals surface area contributed by atoms with Crippen molar-refractivity contribution in [2.24, 2.45) is 11.3 Å². The quantitative estimate of drug-likeness (QED) is 0.414. The summed E-state index contributed by atoms with van der Waals surface area (Å²) >= 11 is 0. The molecule has 0 saturated heterocycles. The molecule has 0 radical (unpaired) electrons. The molecule has 3 heteroatoms. The van der Waals surface area contributed by atoms with Crippen molar-refractivity contribution in [3.05, 3.63) is 24.3 Å². The predicted octanol–water partition coefficient (Wildman–Crippen LogP) is 2.00. The molecule has 80 valence electrons. The zero-order valence-electron chi connectivity index (χ0n) is 8.73. The summed E-state index contributed by atoms with van der Waals surface area (Å²) in [6.07, 6.45) is 4.11. The van der Waals surface area contributed by atoms with E-state index in [2.05, 4.69) is 11.5 Å². The van der Waals surface area contributed by atoms with Crippen molar-refractivity contribution in [2.45, 2.75) is 26.4 Å². The van der Waals surface area contributed by atoms with Gasteiger partial charge in [-0.1, -0.05) is 32.6 Å². The first-order valence-corrected chi connectivity index (χ1v) is 4.86. The fourth-order valence-corrected chi connectivity index (χ4v) is 1.96. The lowest BCUT2D eigenvalue weighted by Crippen LogP contribution is -2.39. The van der Waals surface area contributed by atoms with Crippen LogP contribution in [0.4, 0.5) is 0 Å². The Morgan fingerprint density at radius 2 is 2.36 bits per heavy atom. The van der Waals surface area contributed by atoms with E-state index in [0.29, 0.717) is 6.42 Å². The average Bonchev–Trinajstić information content (AvgIpc) is 2.18. The van der Waals surface area contributed by atoms with E-state index in [9.17, 15) is 5.11 Å². The van der Waals surface area contributed by atoms with Crippen molar-refractivity contribution in [2.75, 3.05) is 6.61 Å². The van der Waals surface area contributed by atoms with Crippen LogP contribution in [0.25, 0.3) is 0 Å². The van der Waals surface area contributed by atoms with Gasteiger partial charge < -0.3 is 5.11 Å². The molecular formula is C11H18O3. The zero-order chi connectivity index (χ0) is 10.8. The molecule has 0 aliphatic heterocycles. The molecule has 0 aromatic rings. The van der Waals surface area contributed by atoms with Gasteiger partial charge in [0.2, 0.25) is 0 Å². The maximum atomic E-state index is 9.45. The molecule has 2 N–H and O–H groups in total. The maximum Gasteiger partial charge on any atom is 0.118 e. The number of hydrogen-bond acceptors (Lipinski definition) is 3. The molecule has 1 aliphatic carbocycles. The Morgan fingerprint density at radius 3 is 2.79 bits per heavy atom. The first kappa shape index (κ1) is 11.4. The van der Waals surface area contributed by atoms with Crippen LogP contribution in [0.3, 0.4) is 0 Å². The van der Waals surface area contributed by atoms with Crippen molar-refractivity contribution >= 4 is 0 Å². The summed E-state index contributed by atoms with van der Waals surface area (Å²) < 4.78 is 0. The van der Waals surface area contributed by atoms with Gasteiger partial charge in [-0.05, 0) is 17.9 Å². The van der Waals surface area contributed by atoms with Crippen molar-refractivity contribution in [1.82, 2.24) is 0 Å². The molecule has 14 heavy (non-hydrogen) atoms. The van der Waals surface area contributed by atoms with Gasteiger partial charge >= 0.3 is 0 Å². The molecule has 0 aromatic carbocycles. The molecule has 1 rings (SSSR count). The van der Waals surface area contributed by atoms with Gasteiger partial charge in [0.1, 0.15) is 6.10 Å². The second-order valence-electron chi connectivity index (χ2n) is 4.11. The van der Waals surface area contributed by atoms with Crippen molar-refractivity contribution in [3.63, 3.8) is 0 Å². The molecule has 0 aromatic heterocycles. The third-order valence-corrected chi connectivity index (χ3v) is 3.17. The fourth-order valence-electron chi connectivity index (χ4n) is 1.96. The summed E-state index contributed by atoms with van der Waals surface area (Å²) in [5, 5.41) is 18.1. The minimum absolute atomic E-state index is 0.000139. The molecule has 1 aliphatic rings. The van der Waals surface area contributed by atoms with Gasteiger partial charge in [-0.25, -0.2) is 4.89 Å². The van der Waals surface area contributed by atoms with Gasteiger partial charge in [-0.15, -0.1) is 0 Å². The third-order valence-electron chi connectivity index (χ3n) is 3.17. The number of rotatable bonds is 3. The number of aliphatic hydroxyl groups excluding tert-OH is 1. The first-order chi connectivity index (χ1) is 6.58. The second-order valence-corrected chi connectivity index (χ2v) is 4.11. The minimum atomic E-state index is -0.453. The van der Waals surface area contributed by atoms with E-state index in [1.807, 2.05) is 26.0 Å². The zero-order valence-corrected chi connectivity index (χ0v) is 8.73. The molecular weight excluding hydrogens is 180 g/mol. The van der Waals surface area contributed by atoms with Crippen LogP contribution in [-0.2, 0) is 4.89 Å². The maximum absolute atomic E-state index is 9.45. The Kier molecular flexibility index (Phi) is 3.48. The summed E-state index contributed by atoms with van der Waals surface area (Å²) in [6, 6.07) is 0. The summed E-state index contributed by atoms with van der Waals surface area (Å²) in [4.78, 5) is 4.35. The van der Waals surface area contributed by atoms with Gasteiger partial charge in [-0.2, -0.15) is 0 Å². The van der Waals surface area contributed by atoms with Gasteiger partial charge in [0.05, 0.1) is 6.61 Å². The Morgan fingerprint density at radius 1 is 1.71 bits per heavy atom. The highest BCUT2D eigenvalue weighted by Gasteiger charge is 2.39. The van der Waals surface area contributed by atoms with Crippen LogP contribution in [0, 0.1) is 11.3 Å². The van der Waals surface area contributed by atoms with Crippen LogP contribution >= 0.6 is 0 Å². The largest absolute Gasteiger partial charge is 0.395 e. The molecule has 3 nitrogen and oxygen atoms in total. The fraction of sp³-hybridized carbons (Fsp3) is 0.636. The molecule has 0 amide bonds. The van der Waals surface area contributed by atoms with E-state index in [1.165, 1.54) is 0 Å².